The summed E-state index contributed by atoms with van der Waals surface area (Å²) >= 11 is 0. The van der Waals surface area contributed by atoms with Gasteiger partial charge in [-0.25, -0.2) is 4.39 Å². The van der Waals surface area contributed by atoms with E-state index >= 15 is 0 Å². The van der Waals surface area contributed by atoms with E-state index in [0.29, 0.717) is 18.3 Å². The molecule has 0 saturated carbocycles. The van der Waals surface area contributed by atoms with Crippen LogP contribution >= 0.6 is 0 Å². The third-order valence-electron chi connectivity index (χ3n) is 4.19. The highest BCUT2D eigenvalue weighted by molar-refractivity contribution is 5.48. The van der Waals surface area contributed by atoms with Gasteiger partial charge < -0.3 is 10.2 Å². The Hall–Kier alpha value is -1.13. The molecule has 1 aliphatic rings. The SMILES string of the molecule is CCN1CCCC1CN(C)c1ccc(CNC)cc1F. The second kappa shape index (κ2) is 7.04. The molecular formula is C16H26FN3. The third-order valence-corrected chi connectivity index (χ3v) is 4.19. The van der Waals surface area contributed by atoms with Crippen LogP contribution in [0.15, 0.2) is 18.2 Å². The molecule has 20 heavy (non-hydrogen) atoms. The average Bonchev–Trinajstić information content (AvgIpc) is 2.86. The van der Waals surface area contributed by atoms with Crippen LogP contribution in [0.25, 0.3) is 0 Å². The van der Waals surface area contributed by atoms with Gasteiger partial charge >= 0.3 is 0 Å². The molecule has 1 unspecified atom stereocenters. The zero-order valence-corrected chi connectivity index (χ0v) is 12.8. The number of likely N-dealkylation sites (tertiary alicyclic amines) is 1. The maximum atomic E-state index is 14.2. The van der Waals surface area contributed by atoms with Crippen molar-refractivity contribution >= 4 is 5.69 Å². The van der Waals surface area contributed by atoms with E-state index in [4.69, 9.17) is 0 Å². The van der Waals surface area contributed by atoms with Crippen LogP contribution in [0.2, 0.25) is 0 Å². The van der Waals surface area contributed by atoms with Crippen molar-refractivity contribution in [3.8, 4) is 0 Å². The number of likely N-dealkylation sites (N-methyl/N-ethyl adjacent to an activating group) is 2. The maximum absolute atomic E-state index is 14.2. The summed E-state index contributed by atoms with van der Waals surface area (Å²) in [5.41, 5.74) is 1.69. The Kier molecular flexibility index (Phi) is 5.38. The Bertz CT molecular complexity index is 436. The van der Waals surface area contributed by atoms with Crippen molar-refractivity contribution in [2.75, 3.05) is 38.6 Å². The predicted octanol–water partition coefficient (Wildman–Crippen LogP) is 2.47. The zero-order valence-electron chi connectivity index (χ0n) is 12.8. The number of anilines is 1. The predicted molar refractivity (Wildman–Crippen MR) is 82.7 cm³/mol. The molecule has 2 rings (SSSR count). The van der Waals surface area contributed by atoms with Crippen molar-refractivity contribution in [2.45, 2.75) is 32.4 Å². The van der Waals surface area contributed by atoms with Crippen LogP contribution in [0.5, 0.6) is 0 Å². The van der Waals surface area contributed by atoms with Gasteiger partial charge in [0.25, 0.3) is 0 Å². The fourth-order valence-corrected chi connectivity index (χ4v) is 3.11. The number of hydrogen-bond acceptors (Lipinski definition) is 3. The lowest BCUT2D eigenvalue weighted by Gasteiger charge is -2.29. The lowest BCUT2D eigenvalue weighted by molar-refractivity contribution is 0.270. The Morgan fingerprint density at radius 1 is 1.45 bits per heavy atom. The molecule has 1 fully saturated rings. The van der Waals surface area contributed by atoms with E-state index in [1.807, 2.05) is 26.2 Å². The van der Waals surface area contributed by atoms with Gasteiger partial charge in [-0.1, -0.05) is 13.0 Å². The van der Waals surface area contributed by atoms with Gasteiger partial charge in [-0.15, -0.1) is 0 Å². The van der Waals surface area contributed by atoms with Gasteiger partial charge in [0.05, 0.1) is 5.69 Å². The maximum Gasteiger partial charge on any atom is 0.146 e. The Morgan fingerprint density at radius 3 is 2.90 bits per heavy atom. The highest BCUT2D eigenvalue weighted by Crippen LogP contribution is 2.23. The summed E-state index contributed by atoms with van der Waals surface area (Å²) in [4.78, 5) is 4.54. The number of nitrogens with one attached hydrogen (secondary N) is 1. The topological polar surface area (TPSA) is 18.5 Å². The molecule has 1 N–H and O–H groups in total. The Labute approximate surface area is 121 Å². The smallest absolute Gasteiger partial charge is 0.146 e. The first-order valence-electron chi connectivity index (χ1n) is 7.54. The van der Waals surface area contributed by atoms with E-state index in [1.165, 1.54) is 19.4 Å². The molecule has 1 aromatic rings. The summed E-state index contributed by atoms with van der Waals surface area (Å²) < 4.78 is 14.2. The first-order valence-corrected chi connectivity index (χ1v) is 7.54. The van der Waals surface area contributed by atoms with Gasteiger partial charge in [-0.2, -0.15) is 0 Å². The number of halogens is 1. The van der Waals surface area contributed by atoms with Crippen LogP contribution in [-0.2, 0) is 6.54 Å². The van der Waals surface area contributed by atoms with Crippen LogP contribution in [0.3, 0.4) is 0 Å². The molecule has 1 saturated heterocycles. The Morgan fingerprint density at radius 2 is 2.25 bits per heavy atom. The van der Waals surface area contributed by atoms with Crippen LogP contribution < -0.4 is 10.2 Å². The van der Waals surface area contributed by atoms with Gasteiger partial charge in [0.1, 0.15) is 5.82 Å². The van der Waals surface area contributed by atoms with Gasteiger partial charge in [0, 0.05) is 26.2 Å². The van der Waals surface area contributed by atoms with Crippen molar-refractivity contribution in [3.63, 3.8) is 0 Å². The van der Waals surface area contributed by atoms with E-state index in [-0.39, 0.29) is 5.82 Å². The first-order chi connectivity index (χ1) is 9.65. The molecule has 1 aliphatic heterocycles. The van der Waals surface area contributed by atoms with Crippen LogP contribution in [0.1, 0.15) is 25.3 Å². The molecule has 0 aliphatic carbocycles. The summed E-state index contributed by atoms with van der Waals surface area (Å²) in [5, 5.41) is 3.05. The van der Waals surface area contributed by atoms with Crippen LogP contribution in [0, 0.1) is 5.82 Å². The van der Waals surface area contributed by atoms with Gasteiger partial charge in [0.2, 0.25) is 0 Å². The molecule has 0 spiro atoms. The van der Waals surface area contributed by atoms with Crippen molar-refractivity contribution in [2.24, 2.45) is 0 Å². The van der Waals surface area contributed by atoms with Gasteiger partial charge in [-0.05, 0) is 50.7 Å². The minimum absolute atomic E-state index is 0.124. The average molecular weight is 279 g/mol. The minimum atomic E-state index is -0.124. The normalized spacial score (nSPS) is 19.5. The van der Waals surface area contributed by atoms with Crippen molar-refractivity contribution in [1.29, 1.82) is 0 Å². The zero-order chi connectivity index (χ0) is 14.5. The number of rotatable bonds is 6. The van der Waals surface area contributed by atoms with E-state index in [0.717, 1.165) is 18.7 Å². The molecule has 0 aromatic heterocycles. The minimum Gasteiger partial charge on any atom is -0.371 e. The number of benzene rings is 1. The van der Waals surface area contributed by atoms with Crippen molar-refractivity contribution in [1.82, 2.24) is 10.2 Å². The number of hydrogen-bond donors (Lipinski definition) is 1. The number of nitrogens with zero attached hydrogens (tertiary/aromatic N) is 2. The second-order valence-corrected chi connectivity index (χ2v) is 5.62. The standard InChI is InChI=1S/C16H26FN3/c1-4-20-9-5-6-14(20)12-19(3)16-8-7-13(11-18-2)10-15(16)17/h7-8,10,14,18H,4-6,9,11-12H2,1-3H3. The quantitative estimate of drug-likeness (QED) is 0.863. The van der Waals surface area contributed by atoms with Gasteiger partial charge in [-0.3, -0.25) is 4.90 Å². The molecular weight excluding hydrogens is 253 g/mol. The van der Waals surface area contributed by atoms with Crippen molar-refractivity contribution < 1.29 is 4.39 Å². The summed E-state index contributed by atoms with van der Waals surface area (Å²) in [5.74, 6) is -0.124. The molecule has 1 heterocycles. The van der Waals surface area contributed by atoms with Crippen molar-refractivity contribution in [3.05, 3.63) is 29.6 Å². The van der Waals surface area contributed by atoms with E-state index in [2.05, 4.69) is 22.0 Å². The molecule has 0 bridgehead atoms. The van der Waals surface area contributed by atoms with Crippen LogP contribution in [0.4, 0.5) is 10.1 Å². The van der Waals surface area contributed by atoms with Crippen LogP contribution in [-0.4, -0.2) is 44.7 Å². The highest BCUT2D eigenvalue weighted by atomic mass is 19.1. The lowest BCUT2D eigenvalue weighted by Crippen LogP contribution is -2.39. The monoisotopic (exact) mass is 279 g/mol. The van der Waals surface area contributed by atoms with E-state index < -0.39 is 0 Å². The molecule has 1 atom stereocenters. The summed E-state index contributed by atoms with van der Waals surface area (Å²) in [6.45, 7) is 6.06. The fraction of sp³-hybridized carbons (Fsp3) is 0.625. The summed E-state index contributed by atoms with van der Waals surface area (Å²) in [7, 11) is 3.86. The van der Waals surface area contributed by atoms with E-state index in [1.54, 1.807) is 6.07 Å². The highest BCUT2D eigenvalue weighted by Gasteiger charge is 2.24. The molecule has 3 nitrogen and oxygen atoms in total. The lowest BCUT2D eigenvalue weighted by atomic mass is 10.1. The Balaban J connectivity index is 2.03. The third kappa shape index (κ3) is 3.49. The summed E-state index contributed by atoms with van der Waals surface area (Å²) in [6, 6.07) is 6.08. The second-order valence-electron chi connectivity index (χ2n) is 5.62. The molecule has 0 radical (unpaired) electrons. The largest absolute Gasteiger partial charge is 0.371 e. The fourth-order valence-electron chi connectivity index (χ4n) is 3.11. The molecule has 4 heteroatoms. The molecule has 1 aromatic carbocycles. The first kappa shape index (κ1) is 15.3. The molecule has 112 valence electrons. The molecule has 0 amide bonds. The van der Waals surface area contributed by atoms with Gasteiger partial charge in [0.15, 0.2) is 0 Å². The summed E-state index contributed by atoms with van der Waals surface area (Å²) in [6.07, 6.45) is 2.48. The van der Waals surface area contributed by atoms with E-state index in [9.17, 15) is 4.39 Å².